The first kappa shape index (κ1) is 19.8. The Hall–Kier alpha value is -4.19. The molecule has 2 heterocycles. The van der Waals surface area contributed by atoms with Gasteiger partial charge in [0.05, 0.1) is 25.4 Å². The van der Waals surface area contributed by atoms with E-state index in [0.29, 0.717) is 17.4 Å². The summed E-state index contributed by atoms with van der Waals surface area (Å²) in [5.74, 6) is 1.80. The number of anilines is 1. The number of nitrogens with zero attached hydrogens (tertiary/aromatic N) is 3. The summed E-state index contributed by atoms with van der Waals surface area (Å²) >= 11 is 0. The molecule has 5 aromatic rings. The molecule has 0 fully saturated rings. The van der Waals surface area contributed by atoms with Gasteiger partial charge in [-0.05, 0) is 23.1 Å². The second-order valence-corrected chi connectivity index (χ2v) is 7.36. The standard InChI is InChI=1S/C26H22N4O2/c1-27-26-29-22-13-24(32-3)23(31-2)12-20(22)25(30-26)17-9-6-8-16(11-17)21-15-28-14-18-7-4-5-10-19(18)21/h4-15H,1-3H3,(H,27,29,30). The van der Waals surface area contributed by atoms with E-state index in [4.69, 9.17) is 14.5 Å². The van der Waals surface area contributed by atoms with E-state index < -0.39 is 0 Å². The van der Waals surface area contributed by atoms with E-state index in [-0.39, 0.29) is 0 Å². The largest absolute Gasteiger partial charge is 0.493 e. The zero-order valence-corrected chi connectivity index (χ0v) is 18.1. The molecule has 1 N–H and O–H groups in total. The highest BCUT2D eigenvalue weighted by Gasteiger charge is 2.15. The first-order valence-electron chi connectivity index (χ1n) is 10.3. The van der Waals surface area contributed by atoms with Crippen molar-refractivity contribution in [2.45, 2.75) is 0 Å². The molecule has 0 aliphatic carbocycles. The Morgan fingerprint density at radius 2 is 1.53 bits per heavy atom. The van der Waals surface area contributed by atoms with Gasteiger partial charge in [-0.15, -0.1) is 0 Å². The normalized spacial score (nSPS) is 11.0. The Kier molecular flexibility index (Phi) is 5.03. The van der Waals surface area contributed by atoms with Crippen LogP contribution in [0.3, 0.4) is 0 Å². The number of aromatic nitrogens is 3. The zero-order valence-electron chi connectivity index (χ0n) is 18.1. The van der Waals surface area contributed by atoms with Crippen LogP contribution in [-0.2, 0) is 0 Å². The first-order valence-corrected chi connectivity index (χ1v) is 10.3. The molecule has 0 radical (unpaired) electrons. The molecule has 0 spiro atoms. The maximum absolute atomic E-state index is 5.53. The highest BCUT2D eigenvalue weighted by atomic mass is 16.5. The van der Waals surface area contributed by atoms with Crippen LogP contribution in [0.25, 0.3) is 44.1 Å². The van der Waals surface area contributed by atoms with Gasteiger partial charge in [-0.1, -0.05) is 42.5 Å². The summed E-state index contributed by atoms with van der Waals surface area (Å²) in [7, 11) is 5.05. The summed E-state index contributed by atoms with van der Waals surface area (Å²) in [6.07, 6.45) is 3.80. The Labute approximate surface area is 185 Å². The lowest BCUT2D eigenvalue weighted by atomic mass is 9.97. The summed E-state index contributed by atoms with van der Waals surface area (Å²) in [4.78, 5) is 13.8. The number of methoxy groups -OCH3 is 2. The molecular formula is C26H22N4O2. The minimum atomic E-state index is 0.539. The summed E-state index contributed by atoms with van der Waals surface area (Å²) in [6.45, 7) is 0. The molecule has 6 nitrogen and oxygen atoms in total. The van der Waals surface area contributed by atoms with E-state index in [1.807, 2.05) is 49.8 Å². The van der Waals surface area contributed by atoms with Gasteiger partial charge in [-0.2, -0.15) is 0 Å². The van der Waals surface area contributed by atoms with Crippen LogP contribution in [0.2, 0.25) is 0 Å². The van der Waals surface area contributed by atoms with Gasteiger partial charge in [-0.25, -0.2) is 9.97 Å². The second-order valence-electron chi connectivity index (χ2n) is 7.36. The molecule has 0 saturated heterocycles. The fourth-order valence-electron chi connectivity index (χ4n) is 3.97. The van der Waals surface area contributed by atoms with Crippen molar-refractivity contribution >= 4 is 27.6 Å². The van der Waals surface area contributed by atoms with Crippen LogP contribution in [-0.4, -0.2) is 36.2 Å². The Balaban J connectivity index is 1.74. The van der Waals surface area contributed by atoms with E-state index in [9.17, 15) is 0 Å². The van der Waals surface area contributed by atoms with E-state index in [1.54, 1.807) is 14.2 Å². The van der Waals surface area contributed by atoms with Crippen LogP contribution in [0.1, 0.15) is 0 Å². The number of hydrogen-bond donors (Lipinski definition) is 1. The Morgan fingerprint density at radius 3 is 2.34 bits per heavy atom. The molecule has 0 aliphatic heterocycles. The lowest BCUT2D eigenvalue weighted by molar-refractivity contribution is 0.356. The van der Waals surface area contributed by atoms with Crippen molar-refractivity contribution in [1.82, 2.24) is 15.0 Å². The number of benzene rings is 3. The third-order valence-electron chi connectivity index (χ3n) is 5.54. The van der Waals surface area contributed by atoms with Crippen LogP contribution in [0, 0.1) is 0 Å². The number of fused-ring (bicyclic) bond motifs is 2. The van der Waals surface area contributed by atoms with Crippen LogP contribution in [0.4, 0.5) is 5.95 Å². The van der Waals surface area contributed by atoms with Gasteiger partial charge in [0.1, 0.15) is 0 Å². The van der Waals surface area contributed by atoms with Gasteiger partial charge in [0.25, 0.3) is 0 Å². The quantitative estimate of drug-likeness (QED) is 0.399. The molecule has 0 bridgehead atoms. The van der Waals surface area contributed by atoms with Gasteiger partial charge in [0.2, 0.25) is 5.95 Å². The van der Waals surface area contributed by atoms with Crippen molar-refractivity contribution in [2.75, 3.05) is 26.6 Å². The fraction of sp³-hybridized carbons (Fsp3) is 0.115. The molecule has 3 aromatic carbocycles. The summed E-state index contributed by atoms with van der Waals surface area (Å²) < 4.78 is 11.0. The van der Waals surface area contributed by atoms with E-state index >= 15 is 0 Å². The Morgan fingerprint density at radius 1 is 0.750 bits per heavy atom. The highest BCUT2D eigenvalue weighted by molar-refractivity contribution is 5.98. The van der Waals surface area contributed by atoms with E-state index in [2.05, 4.69) is 45.6 Å². The average Bonchev–Trinajstić information content (AvgIpc) is 2.86. The smallest absolute Gasteiger partial charge is 0.223 e. The molecule has 0 atom stereocenters. The summed E-state index contributed by atoms with van der Waals surface area (Å²) in [5, 5.41) is 6.22. The minimum Gasteiger partial charge on any atom is -0.493 e. The van der Waals surface area contributed by atoms with Crippen molar-refractivity contribution in [3.8, 4) is 33.9 Å². The first-order chi connectivity index (χ1) is 15.7. The van der Waals surface area contributed by atoms with Crippen molar-refractivity contribution < 1.29 is 9.47 Å². The Bertz CT molecular complexity index is 1440. The summed E-state index contributed by atoms with van der Waals surface area (Å²) in [6, 6.07) is 20.4. The third-order valence-corrected chi connectivity index (χ3v) is 5.54. The molecule has 2 aromatic heterocycles. The predicted octanol–water partition coefficient (Wildman–Crippen LogP) is 5.57. The molecule has 158 valence electrons. The van der Waals surface area contributed by atoms with Gasteiger partial charge < -0.3 is 14.8 Å². The van der Waals surface area contributed by atoms with Gasteiger partial charge in [-0.3, -0.25) is 4.98 Å². The third kappa shape index (κ3) is 3.36. The number of rotatable bonds is 5. The molecule has 32 heavy (non-hydrogen) atoms. The molecule has 0 amide bonds. The van der Waals surface area contributed by atoms with Crippen LogP contribution < -0.4 is 14.8 Å². The van der Waals surface area contributed by atoms with E-state index in [1.165, 1.54) is 0 Å². The van der Waals surface area contributed by atoms with Crippen LogP contribution in [0.15, 0.2) is 73.1 Å². The number of nitrogens with one attached hydrogen (secondary N) is 1. The maximum Gasteiger partial charge on any atom is 0.223 e. The molecule has 6 heteroatoms. The second kappa shape index (κ2) is 8.15. The van der Waals surface area contributed by atoms with Crippen LogP contribution in [0.5, 0.6) is 11.5 Å². The van der Waals surface area contributed by atoms with Gasteiger partial charge in [0.15, 0.2) is 11.5 Å². The van der Waals surface area contributed by atoms with E-state index in [0.717, 1.165) is 44.1 Å². The lowest BCUT2D eigenvalue weighted by Gasteiger charge is -2.14. The van der Waals surface area contributed by atoms with Crippen molar-refractivity contribution in [1.29, 1.82) is 0 Å². The monoisotopic (exact) mass is 422 g/mol. The number of pyridine rings is 1. The molecule has 0 aliphatic rings. The number of hydrogen-bond acceptors (Lipinski definition) is 6. The van der Waals surface area contributed by atoms with Crippen molar-refractivity contribution in [3.05, 3.63) is 73.1 Å². The fourth-order valence-corrected chi connectivity index (χ4v) is 3.97. The minimum absolute atomic E-state index is 0.539. The topological polar surface area (TPSA) is 69.2 Å². The SMILES string of the molecule is CNc1nc(-c2cccc(-c3cncc4ccccc34)c2)c2cc(OC)c(OC)cc2n1. The van der Waals surface area contributed by atoms with Gasteiger partial charge in [0, 0.05) is 47.4 Å². The molecule has 5 rings (SSSR count). The maximum atomic E-state index is 5.53. The molecule has 0 saturated carbocycles. The predicted molar refractivity (Wildman–Crippen MR) is 128 cm³/mol. The lowest BCUT2D eigenvalue weighted by Crippen LogP contribution is -2.00. The molecular weight excluding hydrogens is 400 g/mol. The average molecular weight is 422 g/mol. The highest BCUT2D eigenvalue weighted by Crippen LogP contribution is 2.37. The van der Waals surface area contributed by atoms with Gasteiger partial charge >= 0.3 is 0 Å². The van der Waals surface area contributed by atoms with Crippen molar-refractivity contribution in [3.63, 3.8) is 0 Å². The van der Waals surface area contributed by atoms with Crippen LogP contribution >= 0.6 is 0 Å². The molecule has 0 unspecified atom stereocenters. The zero-order chi connectivity index (χ0) is 22.1. The number of ether oxygens (including phenoxy) is 2. The summed E-state index contributed by atoms with van der Waals surface area (Å²) in [5.41, 5.74) is 4.72. The van der Waals surface area contributed by atoms with Crippen molar-refractivity contribution in [2.24, 2.45) is 0 Å².